The molecule has 10 heavy (non-hydrogen) atoms. The Morgan fingerprint density at radius 2 is 2.30 bits per heavy atom. The minimum absolute atomic E-state index is 0.163. The van der Waals surface area contributed by atoms with Gasteiger partial charge in [-0.1, -0.05) is 5.92 Å². The average Bonchev–Trinajstić information content (AvgIpc) is 2.04. The summed E-state index contributed by atoms with van der Waals surface area (Å²) in [5.74, 6) is -2.64. The zero-order chi connectivity index (χ0) is 7.78. The van der Waals surface area contributed by atoms with Crippen molar-refractivity contribution in [1.82, 2.24) is 0 Å². The zero-order valence-corrected chi connectivity index (χ0v) is 5.23. The Bertz CT molecular complexity index is 202. The van der Waals surface area contributed by atoms with Gasteiger partial charge < -0.3 is 0 Å². The van der Waals surface area contributed by atoms with Crippen LogP contribution in [0.15, 0.2) is 0 Å². The van der Waals surface area contributed by atoms with Crippen LogP contribution in [0.4, 0.5) is 8.78 Å². The normalized spacial score (nSPS) is 30.1. The number of hydrogen-bond donors (Lipinski definition) is 0. The molecule has 1 nitrogen and oxygen atoms in total. The first-order valence-corrected chi connectivity index (χ1v) is 2.92. The van der Waals surface area contributed by atoms with Crippen molar-refractivity contribution in [3.63, 3.8) is 0 Å². The van der Waals surface area contributed by atoms with Crippen molar-refractivity contribution < 1.29 is 13.6 Å². The van der Waals surface area contributed by atoms with E-state index in [4.69, 9.17) is 6.42 Å². The Morgan fingerprint density at radius 3 is 2.50 bits per heavy atom. The van der Waals surface area contributed by atoms with E-state index in [1.54, 1.807) is 0 Å². The Morgan fingerprint density at radius 1 is 1.70 bits per heavy atom. The van der Waals surface area contributed by atoms with Crippen molar-refractivity contribution in [2.24, 2.45) is 5.92 Å². The van der Waals surface area contributed by atoms with E-state index in [0.717, 1.165) is 0 Å². The van der Waals surface area contributed by atoms with Crippen LogP contribution in [0.1, 0.15) is 12.8 Å². The van der Waals surface area contributed by atoms with Crippen LogP contribution in [-0.4, -0.2) is 11.7 Å². The number of terminal acetylenes is 1. The number of alkyl halides is 2. The summed E-state index contributed by atoms with van der Waals surface area (Å²) < 4.78 is 25.0. The predicted octanol–water partition coefficient (Wildman–Crippen LogP) is 1.23. The van der Waals surface area contributed by atoms with Gasteiger partial charge in [0.2, 0.25) is 0 Å². The molecule has 0 spiro atoms. The number of Topliss-reactive ketones (excluding diaryl/α,β-unsaturated/α-hetero) is 1. The van der Waals surface area contributed by atoms with Crippen molar-refractivity contribution in [1.29, 1.82) is 0 Å². The third-order valence-corrected chi connectivity index (χ3v) is 1.58. The molecule has 0 aromatic carbocycles. The highest BCUT2D eigenvalue weighted by molar-refractivity contribution is 5.82. The Hall–Kier alpha value is -0.910. The van der Waals surface area contributed by atoms with Crippen LogP contribution in [0.2, 0.25) is 0 Å². The lowest BCUT2D eigenvalue weighted by Gasteiger charge is -2.10. The largest absolute Gasteiger partial charge is 0.299 e. The van der Waals surface area contributed by atoms with Gasteiger partial charge in [-0.25, -0.2) is 8.78 Å². The van der Waals surface area contributed by atoms with Gasteiger partial charge in [0.05, 0.1) is 12.3 Å². The summed E-state index contributed by atoms with van der Waals surface area (Å²) >= 11 is 0. The van der Waals surface area contributed by atoms with E-state index < -0.39 is 24.0 Å². The van der Waals surface area contributed by atoms with E-state index in [-0.39, 0.29) is 6.42 Å². The van der Waals surface area contributed by atoms with Gasteiger partial charge in [0.15, 0.2) is 0 Å². The molecule has 0 N–H and O–H groups in total. The first-order chi connectivity index (χ1) is 4.56. The minimum Gasteiger partial charge on any atom is -0.299 e. The highest BCUT2D eigenvalue weighted by Crippen LogP contribution is 2.37. The van der Waals surface area contributed by atoms with Crippen LogP contribution in [0.5, 0.6) is 0 Å². The molecule has 3 heteroatoms. The second kappa shape index (κ2) is 2.05. The molecule has 0 aromatic heterocycles. The van der Waals surface area contributed by atoms with E-state index in [1.807, 2.05) is 5.92 Å². The summed E-state index contributed by atoms with van der Waals surface area (Å²) in [4.78, 5) is 10.5. The molecule has 0 aromatic rings. The predicted molar refractivity (Wildman–Crippen MR) is 31.5 cm³/mol. The molecule has 0 bridgehead atoms. The molecule has 1 atom stereocenters. The molecule has 1 saturated carbocycles. The third kappa shape index (κ3) is 1.02. The molecule has 1 unspecified atom stereocenters. The minimum atomic E-state index is -2.95. The molecule has 0 amide bonds. The molecule has 0 heterocycles. The molecule has 0 saturated heterocycles. The molecule has 1 fully saturated rings. The third-order valence-electron chi connectivity index (χ3n) is 1.58. The van der Waals surface area contributed by atoms with E-state index >= 15 is 0 Å². The van der Waals surface area contributed by atoms with Crippen molar-refractivity contribution in [2.75, 3.05) is 0 Å². The van der Waals surface area contributed by atoms with E-state index in [1.165, 1.54) is 0 Å². The topological polar surface area (TPSA) is 17.1 Å². The molecule has 1 rings (SSSR count). The molecule has 0 aliphatic heterocycles. The maximum atomic E-state index is 12.5. The van der Waals surface area contributed by atoms with Crippen molar-refractivity contribution in [3.05, 3.63) is 0 Å². The zero-order valence-electron chi connectivity index (χ0n) is 5.23. The monoisotopic (exact) mass is 144 g/mol. The highest BCUT2D eigenvalue weighted by Gasteiger charge is 2.47. The average molecular weight is 144 g/mol. The number of halogens is 2. The molecule has 1 aliphatic rings. The highest BCUT2D eigenvalue weighted by atomic mass is 19.3. The first-order valence-electron chi connectivity index (χ1n) is 2.92. The standard InChI is InChI=1S/C7H6F2O/c1-2-5-3-6(10)4-7(5,8)9/h1,5H,3-4H2. The lowest BCUT2D eigenvalue weighted by molar-refractivity contribution is -0.119. The lowest BCUT2D eigenvalue weighted by atomic mass is 10.1. The van der Waals surface area contributed by atoms with Gasteiger partial charge in [0.1, 0.15) is 5.78 Å². The first kappa shape index (κ1) is 7.20. The summed E-state index contributed by atoms with van der Waals surface area (Å²) in [6, 6.07) is 0. The second-order valence-electron chi connectivity index (χ2n) is 2.40. The fraction of sp³-hybridized carbons (Fsp3) is 0.571. The second-order valence-corrected chi connectivity index (χ2v) is 2.40. The Labute approximate surface area is 57.4 Å². The number of ketones is 1. The smallest absolute Gasteiger partial charge is 0.268 e. The summed E-state index contributed by atoms with van der Waals surface area (Å²) in [7, 11) is 0. The lowest BCUT2D eigenvalue weighted by Crippen LogP contribution is -2.19. The van der Waals surface area contributed by atoms with Crippen LogP contribution in [0, 0.1) is 18.3 Å². The summed E-state index contributed by atoms with van der Waals surface area (Å²) in [5.41, 5.74) is 0. The maximum absolute atomic E-state index is 12.5. The Kier molecular flexibility index (Phi) is 1.47. The van der Waals surface area contributed by atoms with Crippen molar-refractivity contribution in [2.45, 2.75) is 18.8 Å². The fourth-order valence-corrected chi connectivity index (χ4v) is 1.02. The maximum Gasteiger partial charge on any atom is 0.268 e. The van der Waals surface area contributed by atoms with Gasteiger partial charge in [-0.05, 0) is 0 Å². The SMILES string of the molecule is C#CC1CC(=O)CC1(F)F. The molecular formula is C7H6F2O. The number of carbonyl (C=O) groups excluding carboxylic acids is 1. The van der Waals surface area contributed by atoms with Gasteiger partial charge in [0, 0.05) is 6.42 Å². The van der Waals surface area contributed by atoms with E-state index in [9.17, 15) is 13.6 Å². The van der Waals surface area contributed by atoms with Gasteiger partial charge >= 0.3 is 0 Å². The Balaban J connectivity index is 2.79. The van der Waals surface area contributed by atoms with Crippen LogP contribution in [-0.2, 0) is 4.79 Å². The van der Waals surface area contributed by atoms with E-state index in [2.05, 4.69) is 0 Å². The summed E-state index contributed by atoms with van der Waals surface area (Å²) in [6.45, 7) is 0. The molecule has 0 radical (unpaired) electrons. The number of rotatable bonds is 0. The van der Waals surface area contributed by atoms with Gasteiger partial charge in [0.25, 0.3) is 5.92 Å². The van der Waals surface area contributed by atoms with Gasteiger partial charge in [-0.2, -0.15) is 0 Å². The number of hydrogen-bond acceptors (Lipinski definition) is 1. The quantitative estimate of drug-likeness (QED) is 0.467. The van der Waals surface area contributed by atoms with Crippen LogP contribution < -0.4 is 0 Å². The van der Waals surface area contributed by atoms with Gasteiger partial charge in [-0.15, -0.1) is 6.42 Å². The van der Waals surface area contributed by atoms with Crippen molar-refractivity contribution >= 4 is 5.78 Å². The summed E-state index contributed by atoms with van der Waals surface area (Å²) in [6.07, 6.45) is 3.95. The fourth-order valence-electron chi connectivity index (χ4n) is 1.02. The molecular weight excluding hydrogens is 138 g/mol. The number of carbonyl (C=O) groups is 1. The molecule has 54 valence electrons. The molecule has 1 aliphatic carbocycles. The van der Waals surface area contributed by atoms with Crippen LogP contribution in [0.25, 0.3) is 0 Å². The van der Waals surface area contributed by atoms with Crippen LogP contribution >= 0.6 is 0 Å². The summed E-state index contributed by atoms with van der Waals surface area (Å²) in [5, 5.41) is 0. The van der Waals surface area contributed by atoms with Crippen LogP contribution in [0.3, 0.4) is 0 Å². The van der Waals surface area contributed by atoms with Crippen molar-refractivity contribution in [3.8, 4) is 12.3 Å². The van der Waals surface area contributed by atoms with Gasteiger partial charge in [-0.3, -0.25) is 4.79 Å². The van der Waals surface area contributed by atoms with E-state index in [0.29, 0.717) is 0 Å².